The SMILES string of the molecule is CCOC(=O)/C=C/c1cc(OC)c2c(c1)[C@H](C(=O)OCC)[C@@H](c1cc(O)cc(OC)c1)O2. The molecule has 8 nitrogen and oxygen atoms in total. The van der Waals surface area contributed by atoms with Gasteiger partial charge in [0, 0.05) is 23.3 Å². The van der Waals surface area contributed by atoms with Gasteiger partial charge in [-0.3, -0.25) is 4.79 Å². The van der Waals surface area contributed by atoms with Crippen LogP contribution in [0.4, 0.5) is 0 Å². The largest absolute Gasteiger partial charge is 0.508 e. The molecular weight excluding hydrogens is 416 g/mol. The topological polar surface area (TPSA) is 101 Å². The molecule has 0 saturated carbocycles. The van der Waals surface area contributed by atoms with E-state index in [0.717, 1.165) is 0 Å². The molecule has 8 heteroatoms. The second-order valence-corrected chi connectivity index (χ2v) is 6.96. The van der Waals surface area contributed by atoms with Crippen molar-refractivity contribution in [2.75, 3.05) is 27.4 Å². The van der Waals surface area contributed by atoms with Crippen LogP contribution in [0, 0.1) is 0 Å². The van der Waals surface area contributed by atoms with Crippen LogP contribution in [0.25, 0.3) is 6.08 Å². The predicted octanol–water partition coefficient (Wildman–Crippen LogP) is 3.77. The Morgan fingerprint density at radius 3 is 2.44 bits per heavy atom. The molecule has 3 rings (SSSR count). The molecule has 0 saturated heterocycles. The normalized spacial score (nSPS) is 16.9. The van der Waals surface area contributed by atoms with Crippen molar-refractivity contribution in [1.82, 2.24) is 0 Å². The molecule has 2 aromatic carbocycles. The standard InChI is InChI=1S/C24H26O8/c1-5-30-20(26)8-7-14-9-18-21(24(27)31-6-2)22(32-23(18)19(10-14)29-4)15-11-16(25)13-17(12-15)28-3/h7-13,21-22,25H,5-6H2,1-4H3/b8-7+/t21-,22+/m0/s1. The molecule has 0 aromatic heterocycles. The van der Waals surface area contributed by atoms with Gasteiger partial charge >= 0.3 is 11.9 Å². The van der Waals surface area contributed by atoms with Crippen molar-refractivity contribution in [1.29, 1.82) is 0 Å². The number of phenolic OH excluding ortho intramolecular Hbond substituents is 1. The van der Waals surface area contributed by atoms with Gasteiger partial charge in [0.1, 0.15) is 23.5 Å². The number of rotatable bonds is 8. The zero-order valence-corrected chi connectivity index (χ0v) is 18.4. The van der Waals surface area contributed by atoms with Gasteiger partial charge in [0.2, 0.25) is 0 Å². The number of phenols is 1. The van der Waals surface area contributed by atoms with Crippen molar-refractivity contribution >= 4 is 18.0 Å². The molecular formula is C24H26O8. The van der Waals surface area contributed by atoms with Crippen molar-refractivity contribution in [3.8, 4) is 23.0 Å². The fourth-order valence-corrected chi connectivity index (χ4v) is 3.59. The van der Waals surface area contributed by atoms with Crippen LogP contribution >= 0.6 is 0 Å². The van der Waals surface area contributed by atoms with Crippen molar-refractivity contribution < 1.29 is 38.4 Å². The van der Waals surface area contributed by atoms with Crippen LogP contribution in [0.1, 0.15) is 42.6 Å². The number of methoxy groups -OCH3 is 2. The smallest absolute Gasteiger partial charge is 0.330 e. The number of fused-ring (bicyclic) bond motifs is 1. The molecule has 2 aromatic rings. The quantitative estimate of drug-likeness (QED) is 0.487. The van der Waals surface area contributed by atoms with Gasteiger partial charge in [-0.05, 0) is 49.8 Å². The summed E-state index contributed by atoms with van der Waals surface area (Å²) in [5, 5.41) is 10.1. The Labute approximate surface area is 186 Å². The number of benzene rings is 2. The maximum atomic E-state index is 13.0. The molecule has 2 atom stereocenters. The van der Waals surface area contributed by atoms with E-state index in [0.29, 0.717) is 33.9 Å². The monoisotopic (exact) mass is 442 g/mol. The maximum absolute atomic E-state index is 13.0. The number of hydrogen-bond acceptors (Lipinski definition) is 8. The third kappa shape index (κ3) is 4.80. The zero-order valence-electron chi connectivity index (χ0n) is 18.4. The van der Waals surface area contributed by atoms with E-state index >= 15 is 0 Å². The summed E-state index contributed by atoms with van der Waals surface area (Å²) in [4.78, 5) is 24.7. The molecule has 0 unspecified atom stereocenters. The summed E-state index contributed by atoms with van der Waals surface area (Å²) in [7, 11) is 2.97. The lowest BCUT2D eigenvalue weighted by Crippen LogP contribution is -2.21. The summed E-state index contributed by atoms with van der Waals surface area (Å²) < 4.78 is 27.1. The van der Waals surface area contributed by atoms with Gasteiger partial charge in [0.25, 0.3) is 0 Å². The fraction of sp³-hybridized carbons (Fsp3) is 0.333. The first kappa shape index (κ1) is 23.0. The molecule has 1 N–H and O–H groups in total. The number of hydrogen-bond donors (Lipinski definition) is 1. The number of ether oxygens (including phenoxy) is 5. The zero-order chi connectivity index (χ0) is 23.3. The van der Waals surface area contributed by atoms with E-state index in [-0.39, 0.29) is 19.0 Å². The lowest BCUT2D eigenvalue weighted by atomic mass is 9.89. The van der Waals surface area contributed by atoms with Crippen LogP contribution in [0.15, 0.2) is 36.4 Å². The molecule has 0 spiro atoms. The second-order valence-electron chi connectivity index (χ2n) is 6.96. The van der Waals surface area contributed by atoms with Crippen molar-refractivity contribution in [2.24, 2.45) is 0 Å². The van der Waals surface area contributed by atoms with Gasteiger partial charge in [0.15, 0.2) is 11.5 Å². The van der Waals surface area contributed by atoms with Crippen molar-refractivity contribution in [2.45, 2.75) is 25.9 Å². The average Bonchev–Trinajstić information content (AvgIpc) is 3.16. The Hall–Kier alpha value is -3.68. The molecule has 1 aliphatic rings. The molecule has 0 radical (unpaired) electrons. The predicted molar refractivity (Wildman–Crippen MR) is 116 cm³/mol. The summed E-state index contributed by atoms with van der Waals surface area (Å²) in [6.45, 7) is 3.91. The number of aromatic hydroxyl groups is 1. The number of carbonyl (C=O) groups excluding carboxylic acids is 2. The first-order valence-electron chi connectivity index (χ1n) is 10.2. The van der Waals surface area contributed by atoms with E-state index in [1.165, 1.54) is 32.4 Å². The Morgan fingerprint density at radius 1 is 1.03 bits per heavy atom. The van der Waals surface area contributed by atoms with Gasteiger partial charge in [-0.25, -0.2) is 4.79 Å². The minimum absolute atomic E-state index is 0.0217. The highest BCUT2D eigenvalue weighted by atomic mass is 16.5. The first-order valence-corrected chi connectivity index (χ1v) is 10.2. The van der Waals surface area contributed by atoms with E-state index in [2.05, 4.69) is 0 Å². The lowest BCUT2D eigenvalue weighted by Gasteiger charge is -2.19. The minimum Gasteiger partial charge on any atom is -0.508 e. The van der Waals surface area contributed by atoms with E-state index in [4.69, 9.17) is 23.7 Å². The summed E-state index contributed by atoms with van der Waals surface area (Å²) in [6, 6.07) is 8.11. The van der Waals surface area contributed by atoms with Gasteiger partial charge in [0.05, 0.1) is 27.4 Å². The number of carbonyl (C=O) groups is 2. The third-order valence-electron chi connectivity index (χ3n) is 4.93. The van der Waals surface area contributed by atoms with E-state index in [9.17, 15) is 14.7 Å². The Bertz CT molecular complexity index is 1030. The maximum Gasteiger partial charge on any atom is 0.330 e. The Kier molecular flexibility index (Phi) is 7.25. The number of esters is 2. The van der Waals surface area contributed by atoms with E-state index in [1.807, 2.05) is 0 Å². The molecule has 1 aliphatic heterocycles. The first-order chi connectivity index (χ1) is 15.4. The second kappa shape index (κ2) is 10.1. The van der Waals surface area contributed by atoms with Crippen molar-refractivity contribution in [3.63, 3.8) is 0 Å². The van der Waals surface area contributed by atoms with Crippen LogP contribution in [-0.2, 0) is 19.1 Å². The molecule has 0 fully saturated rings. The third-order valence-corrected chi connectivity index (χ3v) is 4.93. The van der Waals surface area contributed by atoms with Gasteiger partial charge in [-0.2, -0.15) is 0 Å². The van der Waals surface area contributed by atoms with Gasteiger partial charge in [-0.1, -0.05) is 0 Å². The fourth-order valence-electron chi connectivity index (χ4n) is 3.59. The summed E-state index contributed by atoms with van der Waals surface area (Å²) in [6.07, 6.45) is 2.11. The van der Waals surface area contributed by atoms with Crippen LogP contribution in [-0.4, -0.2) is 44.5 Å². The molecule has 0 bridgehead atoms. The molecule has 32 heavy (non-hydrogen) atoms. The van der Waals surface area contributed by atoms with Crippen molar-refractivity contribution in [3.05, 3.63) is 53.1 Å². The van der Waals surface area contributed by atoms with E-state index in [1.54, 1.807) is 38.1 Å². The van der Waals surface area contributed by atoms with Crippen LogP contribution < -0.4 is 14.2 Å². The summed E-state index contributed by atoms with van der Waals surface area (Å²) in [5.41, 5.74) is 1.72. The van der Waals surface area contributed by atoms with E-state index < -0.39 is 24.0 Å². The highest BCUT2D eigenvalue weighted by Gasteiger charge is 2.43. The molecule has 0 amide bonds. The minimum atomic E-state index is -0.818. The Balaban J connectivity index is 2.09. The molecule has 0 aliphatic carbocycles. The highest BCUT2D eigenvalue weighted by Crippen LogP contribution is 2.52. The van der Waals surface area contributed by atoms with Crippen LogP contribution in [0.2, 0.25) is 0 Å². The average molecular weight is 442 g/mol. The van der Waals surface area contributed by atoms with Gasteiger partial charge < -0.3 is 28.8 Å². The Morgan fingerprint density at radius 2 is 1.78 bits per heavy atom. The molecule has 1 heterocycles. The van der Waals surface area contributed by atoms with Gasteiger partial charge in [-0.15, -0.1) is 0 Å². The highest BCUT2D eigenvalue weighted by molar-refractivity contribution is 5.88. The van der Waals surface area contributed by atoms with Crippen LogP contribution in [0.5, 0.6) is 23.0 Å². The molecule has 170 valence electrons. The lowest BCUT2D eigenvalue weighted by molar-refractivity contribution is -0.146. The summed E-state index contributed by atoms with van der Waals surface area (Å²) >= 11 is 0. The van der Waals surface area contributed by atoms with Crippen LogP contribution in [0.3, 0.4) is 0 Å². The summed E-state index contributed by atoms with van der Waals surface area (Å²) in [5.74, 6) is -0.580.